The molecule has 2 aromatic carbocycles. The van der Waals surface area contributed by atoms with Crippen molar-refractivity contribution in [2.75, 3.05) is 43.4 Å². The van der Waals surface area contributed by atoms with Crippen molar-refractivity contribution in [3.05, 3.63) is 34.9 Å². The van der Waals surface area contributed by atoms with Gasteiger partial charge in [-0.15, -0.1) is 0 Å². The number of nitrogens with zero attached hydrogens (tertiary/aromatic N) is 5. The molecule has 3 N–H and O–H groups in total. The van der Waals surface area contributed by atoms with Gasteiger partial charge < -0.3 is 20.7 Å². The minimum absolute atomic E-state index is 0.00590. The van der Waals surface area contributed by atoms with Crippen LogP contribution in [0.4, 0.5) is 19.7 Å². The van der Waals surface area contributed by atoms with Crippen LogP contribution in [0.1, 0.15) is 38.5 Å². The quantitative estimate of drug-likeness (QED) is 0.317. The molecule has 0 radical (unpaired) electrons. The number of nitrogens with two attached hydrogens (primary N) is 1. The number of thiazole rings is 1. The highest BCUT2D eigenvalue weighted by atomic mass is 35.5. The lowest BCUT2D eigenvalue weighted by Crippen LogP contribution is -2.51. The van der Waals surface area contributed by atoms with Crippen LogP contribution in [0.15, 0.2) is 18.2 Å². The van der Waals surface area contributed by atoms with Gasteiger partial charge in [-0.2, -0.15) is 9.97 Å². The molecule has 0 saturated carbocycles. The van der Waals surface area contributed by atoms with Crippen LogP contribution in [0.5, 0.6) is 6.01 Å². The lowest BCUT2D eigenvalue weighted by Gasteiger charge is -2.35. The molecule has 4 aromatic rings. The molecule has 0 spiro atoms. The van der Waals surface area contributed by atoms with Crippen LogP contribution < -0.4 is 20.7 Å². The zero-order chi connectivity index (χ0) is 27.9. The second kappa shape index (κ2) is 9.58. The van der Waals surface area contributed by atoms with E-state index in [0.29, 0.717) is 40.1 Å². The van der Waals surface area contributed by atoms with Crippen molar-refractivity contribution >= 4 is 55.0 Å². The summed E-state index contributed by atoms with van der Waals surface area (Å²) in [6.07, 6.45) is 6.64. The van der Waals surface area contributed by atoms with Gasteiger partial charge in [0.2, 0.25) is 0 Å². The molecular formula is C29H30ClF2N7OS. The summed E-state index contributed by atoms with van der Waals surface area (Å²) in [6, 6.07) is 5.14. The molecule has 2 atom stereocenters. The molecule has 8 nitrogen and oxygen atoms in total. The number of hydrogen-bond donors (Lipinski definition) is 2. The molecule has 8 rings (SSSR count). The third-order valence-corrected chi connectivity index (χ3v) is 10.5. The van der Waals surface area contributed by atoms with E-state index in [4.69, 9.17) is 27.1 Å². The maximum Gasteiger partial charge on any atom is 0.319 e. The van der Waals surface area contributed by atoms with E-state index in [2.05, 4.69) is 25.1 Å². The summed E-state index contributed by atoms with van der Waals surface area (Å²) in [7, 11) is 0. The Kier molecular flexibility index (Phi) is 6.04. The first-order chi connectivity index (χ1) is 19.9. The highest BCUT2D eigenvalue weighted by Gasteiger charge is 2.45. The molecule has 2 aromatic heterocycles. The van der Waals surface area contributed by atoms with Crippen LogP contribution in [0, 0.1) is 11.6 Å². The molecule has 2 unspecified atom stereocenters. The van der Waals surface area contributed by atoms with E-state index in [1.54, 1.807) is 6.07 Å². The van der Waals surface area contributed by atoms with Crippen LogP contribution in [0.2, 0.25) is 5.02 Å². The van der Waals surface area contributed by atoms with Crippen molar-refractivity contribution in [3.63, 3.8) is 0 Å². The number of aromatic nitrogens is 3. The molecule has 4 saturated heterocycles. The highest BCUT2D eigenvalue weighted by molar-refractivity contribution is 7.22. The van der Waals surface area contributed by atoms with Crippen LogP contribution in [0.25, 0.3) is 32.2 Å². The first kappa shape index (κ1) is 25.8. The Bertz CT molecular complexity index is 1680. The molecule has 4 fully saturated rings. The molecule has 41 heavy (non-hydrogen) atoms. The number of piperazine rings is 1. The van der Waals surface area contributed by atoms with E-state index in [-0.39, 0.29) is 38.3 Å². The summed E-state index contributed by atoms with van der Waals surface area (Å²) in [5.41, 5.74) is 6.71. The first-order valence-electron chi connectivity index (χ1n) is 14.3. The normalized spacial score (nSPS) is 23.6. The van der Waals surface area contributed by atoms with Gasteiger partial charge in [0.25, 0.3) is 0 Å². The molecule has 4 aliphatic heterocycles. The van der Waals surface area contributed by atoms with Crippen LogP contribution in [-0.2, 0) is 0 Å². The molecular weight excluding hydrogens is 568 g/mol. The van der Waals surface area contributed by atoms with Crippen LogP contribution >= 0.6 is 22.9 Å². The summed E-state index contributed by atoms with van der Waals surface area (Å²) in [6.45, 7) is 4.13. The van der Waals surface area contributed by atoms with Gasteiger partial charge in [0, 0.05) is 41.7 Å². The number of benzene rings is 2. The summed E-state index contributed by atoms with van der Waals surface area (Å²) in [5.74, 6) is -0.559. The standard InChI is InChI=1S/C29H30ClF2N7OS/c30-20-11-19-25(23(32)22(20)18-9-15(31)10-21-24(18)35-27(33)41-21)36-28(40-14-29-5-1-7-39(29)8-2-6-29)37-26(19)38-12-16-3-4-17(13-38)34-16/h9-11,16-17,34H,1-8,12-14H2,(H2,33,35). The summed E-state index contributed by atoms with van der Waals surface area (Å²) < 4.78 is 38.2. The number of anilines is 2. The van der Waals surface area contributed by atoms with E-state index in [1.807, 2.05) is 0 Å². The lowest BCUT2D eigenvalue weighted by atomic mass is 9.95. The van der Waals surface area contributed by atoms with Gasteiger partial charge in [-0.1, -0.05) is 22.9 Å². The fourth-order valence-electron chi connectivity index (χ4n) is 7.55. The average molecular weight is 598 g/mol. The number of nitrogens with one attached hydrogen (secondary N) is 1. The molecule has 0 aliphatic carbocycles. The monoisotopic (exact) mass is 597 g/mol. The van der Waals surface area contributed by atoms with Crippen LogP contribution in [-0.4, -0.2) is 70.3 Å². The van der Waals surface area contributed by atoms with E-state index < -0.39 is 11.6 Å². The lowest BCUT2D eigenvalue weighted by molar-refractivity contribution is 0.108. The maximum atomic E-state index is 16.7. The number of ether oxygens (including phenoxy) is 1. The minimum atomic E-state index is -0.654. The molecule has 4 aliphatic rings. The molecule has 12 heteroatoms. The number of halogens is 3. The second-order valence-corrected chi connectivity index (χ2v) is 13.3. The van der Waals surface area contributed by atoms with Gasteiger partial charge in [-0.05, 0) is 69.8 Å². The summed E-state index contributed by atoms with van der Waals surface area (Å²) in [4.78, 5) is 18.6. The third-order valence-electron chi connectivity index (χ3n) is 9.39. The summed E-state index contributed by atoms with van der Waals surface area (Å²) in [5, 5.41) is 4.56. The van der Waals surface area contributed by atoms with Gasteiger partial charge in [-0.3, -0.25) is 4.90 Å². The Balaban J connectivity index is 1.28. The van der Waals surface area contributed by atoms with Gasteiger partial charge in [0.05, 0.1) is 20.8 Å². The SMILES string of the molecule is Nc1nc2c(-c3c(Cl)cc4c(N5CC6CCC(C5)N6)nc(OCC56CCCN5CCC6)nc4c3F)cc(F)cc2s1. The Morgan fingerprint density at radius 1 is 1.05 bits per heavy atom. The minimum Gasteiger partial charge on any atom is -0.461 e. The number of fused-ring (bicyclic) bond motifs is 5. The fraction of sp³-hybridized carbons (Fsp3) is 0.483. The van der Waals surface area contributed by atoms with Crippen molar-refractivity contribution in [2.45, 2.75) is 56.1 Å². The zero-order valence-electron chi connectivity index (χ0n) is 22.4. The zero-order valence-corrected chi connectivity index (χ0v) is 24.0. The largest absolute Gasteiger partial charge is 0.461 e. The number of hydrogen-bond acceptors (Lipinski definition) is 9. The number of nitrogen functional groups attached to an aromatic ring is 1. The topological polar surface area (TPSA) is 92.4 Å². The Morgan fingerprint density at radius 3 is 2.56 bits per heavy atom. The predicted molar refractivity (Wildman–Crippen MR) is 158 cm³/mol. The smallest absolute Gasteiger partial charge is 0.319 e. The van der Waals surface area contributed by atoms with Crippen LogP contribution in [0.3, 0.4) is 0 Å². The van der Waals surface area contributed by atoms with Crippen molar-refractivity contribution in [1.82, 2.24) is 25.2 Å². The summed E-state index contributed by atoms with van der Waals surface area (Å²) >= 11 is 7.93. The predicted octanol–water partition coefficient (Wildman–Crippen LogP) is 5.37. The molecule has 0 amide bonds. The fourth-order valence-corrected chi connectivity index (χ4v) is 8.63. The second-order valence-electron chi connectivity index (χ2n) is 11.9. The van der Waals surface area contributed by atoms with Crippen molar-refractivity contribution in [1.29, 1.82) is 0 Å². The Labute approximate surface area is 244 Å². The van der Waals surface area contributed by atoms with E-state index in [9.17, 15) is 4.39 Å². The Morgan fingerprint density at radius 2 is 1.80 bits per heavy atom. The van der Waals surface area contributed by atoms with Gasteiger partial charge >= 0.3 is 6.01 Å². The van der Waals surface area contributed by atoms with E-state index in [0.717, 1.165) is 76.0 Å². The molecule has 6 heterocycles. The van der Waals surface area contributed by atoms with Crippen molar-refractivity contribution in [3.8, 4) is 17.1 Å². The van der Waals surface area contributed by atoms with Crippen molar-refractivity contribution < 1.29 is 13.5 Å². The third kappa shape index (κ3) is 4.23. The highest BCUT2D eigenvalue weighted by Crippen LogP contribution is 2.44. The van der Waals surface area contributed by atoms with Gasteiger partial charge in [0.15, 0.2) is 10.9 Å². The Hall–Kier alpha value is -2.86. The van der Waals surface area contributed by atoms with Crippen molar-refractivity contribution in [2.24, 2.45) is 0 Å². The average Bonchev–Trinajstić information content (AvgIpc) is 3.70. The van der Waals surface area contributed by atoms with Gasteiger partial charge in [-0.25, -0.2) is 13.8 Å². The maximum absolute atomic E-state index is 16.7. The van der Waals surface area contributed by atoms with E-state index in [1.165, 1.54) is 12.1 Å². The van der Waals surface area contributed by atoms with E-state index >= 15 is 4.39 Å². The van der Waals surface area contributed by atoms with Gasteiger partial charge in [0.1, 0.15) is 23.8 Å². The number of rotatable bonds is 5. The molecule has 2 bridgehead atoms. The molecule has 214 valence electrons. The first-order valence-corrected chi connectivity index (χ1v) is 15.5.